The van der Waals surface area contributed by atoms with E-state index >= 15 is 0 Å². The number of anilines is 1. The Morgan fingerprint density at radius 2 is 1.81 bits per heavy atom. The number of amides is 1. The largest absolute Gasteiger partial charge is 0.324 e. The smallest absolute Gasteiger partial charge is 0.241 e. The number of nitrogens with zero attached hydrogens (tertiary/aromatic N) is 1. The van der Waals surface area contributed by atoms with Gasteiger partial charge in [0.2, 0.25) is 5.91 Å². The van der Waals surface area contributed by atoms with E-state index in [1.807, 2.05) is 56.4 Å². The third kappa shape index (κ3) is 4.85. The van der Waals surface area contributed by atoms with E-state index in [9.17, 15) is 4.79 Å². The van der Waals surface area contributed by atoms with Gasteiger partial charge in [0.05, 0.1) is 6.04 Å². The minimum atomic E-state index is -0.139. The number of likely N-dealkylation sites (N-methyl/N-ethyl adjacent to an activating group) is 1. The SMILES string of the molecule is CNC1CCCN(C(C)C(=O)Nc2ccccc2-c2ccccc2)C1.Cl. The van der Waals surface area contributed by atoms with E-state index in [-0.39, 0.29) is 24.4 Å². The number of hydrogen-bond donors (Lipinski definition) is 2. The topological polar surface area (TPSA) is 44.4 Å². The summed E-state index contributed by atoms with van der Waals surface area (Å²) < 4.78 is 0. The van der Waals surface area contributed by atoms with Gasteiger partial charge in [-0.3, -0.25) is 9.69 Å². The highest BCUT2D eigenvalue weighted by atomic mass is 35.5. The summed E-state index contributed by atoms with van der Waals surface area (Å²) in [5.41, 5.74) is 3.03. The highest BCUT2D eigenvalue weighted by molar-refractivity contribution is 5.98. The number of benzene rings is 2. The molecule has 1 amide bonds. The second-order valence-electron chi connectivity index (χ2n) is 6.70. The van der Waals surface area contributed by atoms with Crippen molar-refractivity contribution in [3.8, 4) is 11.1 Å². The van der Waals surface area contributed by atoms with Crippen LogP contribution < -0.4 is 10.6 Å². The summed E-state index contributed by atoms with van der Waals surface area (Å²) in [6.45, 7) is 3.90. The Labute approximate surface area is 162 Å². The Hall–Kier alpha value is -1.88. The van der Waals surface area contributed by atoms with Gasteiger partial charge in [-0.25, -0.2) is 0 Å². The van der Waals surface area contributed by atoms with Crippen molar-refractivity contribution in [3.63, 3.8) is 0 Å². The first-order valence-electron chi connectivity index (χ1n) is 9.05. The molecule has 0 saturated carbocycles. The maximum Gasteiger partial charge on any atom is 0.241 e. The van der Waals surface area contributed by atoms with Crippen LogP contribution in [0.4, 0.5) is 5.69 Å². The predicted octanol–water partition coefficient (Wildman–Crippen LogP) is 3.79. The van der Waals surface area contributed by atoms with Crippen LogP contribution in [-0.4, -0.2) is 43.0 Å². The van der Waals surface area contributed by atoms with Crippen LogP contribution in [0.2, 0.25) is 0 Å². The van der Waals surface area contributed by atoms with Crippen LogP contribution >= 0.6 is 12.4 Å². The molecule has 0 bridgehead atoms. The molecule has 2 unspecified atom stereocenters. The standard InChI is InChI=1S/C21H27N3O.ClH/c1-16(24-14-8-11-18(15-24)22-2)21(25)23-20-13-7-6-12-19(20)17-9-4-3-5-10-17;/h3-7,9-10,12-13,16,18,22H,8,11,14-15H2,1-2H3,(H,23,25);1H. The van der Waals surface area contributed by atoms with E-state index in [1.165, 1.54) is 6.42 Å². The fraction of sp³-hybridized carbons (Fsp3) is 0.381. The first kappa shape index (κ1) is 20.4. The summed E-state index contributed by atoms with van der Waals surface area (Å²) in [5, 5.41) is 6.47. The molecule has 4 nitrogen and oxygen atoms in total. The molecule has 2 aromatic carbocycles. The summed E-state index contributed by atoms with van der Waals surface area (Å²) in [6, 6.07) is 18.5. The van der Waals surface area contributed by atoms with Gasteiger partial charge in [-0.1, -0.05) is 48.5 Å². The fourth-order valence-corrected chi connectivity index (χ4v) is 3.46. The van der Waals surface area contributed by atoms with Gasteiger partial charge in [-0.05, 0) is 45.0 Å². The number of likely N-dealkylation sites (tertiary alicyclic amines) is 1. The van der Waals surface area contributed by atoms with Crippen molar-refractivity contribution in [2.24, 2.45) is 0 Å². The Bertz CT molecular complexity index is 707. The first-order chi connectivity index (χ1) is 12.2. The molecule has 2 N–H and O–H groups in total. The number of carbonyl (C=O) groups is 1. The molecule has 0 spiro atoms. The lowest BCUT2D eigenvalue weighted by Gasteiger charge is -2.36. The number of rotatable bonds is 5. The summed E-state index contributed by atoms with van der Waals surface area (Å²) in [4.78, 5) is 15.1. The Kier molecular flexibility index (Phi) is 7.64. The molecule has 1 saturated heterocycles. The molecule has 0 aliphatic carbocycles. The van der Waals surface area contributed by atoms with E-state index in [4.69, 9.17) is 0 Å². The molecule has 0 radical (unpaired) electrons. The van der Waals surface area contributed by atoms with Crippen molar-refractivity contribution in [1.29, 1.82) is 0 Å². The molecule has 2 aromatic rings. The lowest BCUT2D eigenvalue weighted by atomic mass is 10.0. The zero-order valence-electron chi connectivity index (χ0n) is 15.4. The molecule has 26 heavy (non-hydrogen) atoms. The van der Waals surface area contributed by atoms with Gasteiger partial charge in [0.1, 0.15) is 0 Å². The van der Waals surface area contributed by atoms with Crippen LogP contribution in [0.1, 0.15) is 19.8 Å². The number of piperidine rings is 1. The Morgan fingerprint density at radius 3 is 2.54 bits per heavy atom. The minimum Gasteiger partial charge on any atom is -0.324 e. The summed E-state index contributed by atoms with van der Waals surface area (Å²) >= 11 is 0. The lowest BCUT2D eigenvalue weighted by molar-refractivity contribution is -0.121. The number of nitrogens with one attached hydrogen (secondary N) is 2. The first-order valence-corrected chi connectivity index (χ1v) is 9.05. The molecule has 0 aromatic heterocycles. The van der Waals surface area contributed by atoms with Crippen molar-refractivity contribution in [3.05, 3.63) is 54.6 Å². The number of halogens is 1. The van der Waals surface area contributed by atoms with E-state index < -0.39 is 0 Å². The zero-order valence-corrected chi connectivity index (χ0v) is 16.3. The Morgan fingerprint density at radius 1 is 1.12 bits per heavy atom. The molecule has 1 aliphatic heterocycles. The minimum absolute atomic E-state index is 0. The molecule has 1 aliphatic rings. The predicted molar refractivity (Wildman–Crippen MR) is 111 cm³/mol. The van der Waals surface area contributed by atoms with Gasteiger partial charge in [-0.15, -0.1) is 12.4 Å². The number of para-hydroxylation sites is 1. The van der Waals surface area contributed by atoms with E-state index in [0.29, 0.717) is 6.04 Å². The summed E-state index contributed by atoms with van der Waals surface area (Å²) in [6.07, 6.45) is 2.31. The van der Waals surface area contributed by atoms with Crippen molar-refractivity contribution >= 4 is 24.0 Å². The summed E-state index contributed by atoms with van der Waals surface area (Å²) in [7, 11) is 2.00. The van der Waals surface area contributed by atoms with Crippen LogP contribution in [0, 0.1) is 0 Å². The van der Waals surface area contributed by atoms with Gasteiger partial charge in [0.25, 0.3) is 0 Å². The second kappa shape index (κ2) is 9.72. The molecule has 3 rings (SSSR count). The van der Waals surface area contributed by atoms with E-state index in [0.717, 1.165) is 36.3 Å². The number of hydrogen-bond acceptors (Lipinski definition) is 3. The molecule has 2 atom stereocenters. The van der Waals surface area contributed by atoms with Crippen LogP contribution in [0.3, 0.4) is 0 Å². The van der Waals surface area contributed by atoms with Gasteiger partial charge in [-0.2, -0.15) is 0 Å². The maximum absolute atomic E-state index is 12.8. The van der Waals surface area contributed by atoms with Crippen molar-refractivity contribution in [2.75, 3.05) is 25.5 Å². The second-order valence-corrected chi connectivity index (χ2v) is 6.70. The molecule has 1 fully saturated rings. The highest BCUT2D eigenvalue weighted by Gasteiger charge is 2.27. The van der Waals surface area contributed by atoms with Crippen LogP contribution in [0.15, 0.2) is 54.6 Å². The molecular formula is C21H28ClN3O. The highest BCUT2D eigenvalue weighted by Crippen LogP contribution is 2.28. The van der Waals surface area contributed by atoms with Crippen molar-refractivity contribution < 1.29 is 4.79 Å². The van der Waals surface area contributed by atoms with Crippen LogP contribution in [0.5, 0.6) is 0 Å². The van der Waals surface area contributed by atoms with Crippen molar-refractivity contribution in [1.82, 2.24) is 10.2 Å². The third-order valence-corrected chi connectivity index (χ3v) is 5.06. The van der Waals surface area contributed by atoms with Gasteiger partial charge in [0, 0.05) is 23.8 Å². The van der Waals surface area contributed by atoms with Crippen LogP contribution in [0.25, 0.3) is 11.1 Å². The van der Waals surface area contributed by atoms with Gasteiger partial charge >= 0.3 is 0 Å². The van der Waals surface area contributed by atoms with Crippen molar-refractivity contribution in [2.45, 2.75) is 31.8 Å². The summed E-state index contributed by atoms with van der Waals surface area (Å²) in [5.74, 6) is 0.0557. The lowest BCUT2D eigenvalue weighted by Crippen LogP contribution is -2.51. The molecular weight excluding hydrogens is 346 g/mol. The quantitative estimate of drug-likeness (QED) is 0.838. The van der Waals surface area contributed by atoms with Crippen LogP contribution in [-0.2, 0) is 4.79 Å². The third-order valence-electron chi connectivity index (χ3n) is 5.06. The van der Waals surface area contributed by atoms with E-state index in [1.54, 1.807) is 0 Å². The monoisotopic (exact) mass is 373 g/mol. The van der Waals surface area contributed by atoms with Gasteiger partial charge < -0.3 is 10.6 Å². The molecule has 140 valence electrons. The average Bonchev–Trinajstić information content (AvgIpc) is 2.68. The molecule has 5 heteroatoms. The fourth-order valence-electron chi connectivity index (χ4n) is 3.46. The zero-order chi connectivity index (χ0) is 17.6. The average molecular weight is 374 g/mol. The Balaban J connectivity index is 0.00000243. The maximum atomic E-state index is 12.8. The van der Waals surface area contributed by atoms with Gasteiger partial charge in [0.15, 0.2) is 0 Å². The molecule has 1 heterocycles. The number of carbonyl (C=O) groups excluding carboxylic acids is 1. The van der Waals surface area contributed by atoms with E-state index in [2.05, 4.69) is 27.7 Å². The normalized spacial score (nSPS) is 18.6.